The van der Waals surface area contributed by atoms with Crippen molar-refractivity contribution in [1.29, 1.82) is 0 Å². The molecular formula is C7H17O3P. The summed E-state index contributed by atoms with van der Waals surface area (Å²) >= 11 is 0. The summed E-state index contributed by atoms with van der Waals surface area (Å²) in [5, 5.41) is 0. The second-order valence-corrected chi connectivity index (χ2v) is 4.68. The van der Waals surface area contributed by atoms with Crippen molar-refractivity contribution in [3.63, 3.8) is 0 Å². The molecule has 2 unspecified atom stereocenters. The topological polar surface area (TPSA) is 46.5 Å². The molecule has 68 valence electrons. The van der Waals surface area contributed by atoms with Crippen molar-refractivity contribution in [2.24, 2.45) is 0 Å². The summed E-state index contributed by atoms with van der Waals surface area (Å²) in [7, 11) is -3.26. The summed E-state index contributed by atoms with van der Waals surface area (Å²) in [6.07, 6.45) is 2.89. The van der Waals surface area contributed by atoms with E-state index in [2.05, 4.69) is 6.92 Å². The van der Waals surface area contributed by atoms with Crippen molar-refractivity contribution in [3.05, 3.63) is 0 Å². The van der Waals surface area contributed by atoms with Gasteiger partial charge in [-0.15, -0.1) is 0 Å². The van der Waals surface area contributed by atoms with Crippen LogP contribution in [0.25, 0.3) is 0 Å². The van der Waals surface area contributed by atoms with Gasteiger partial charge in [0, 0.05) is 6.66 Å². The molecule has 0 aliphatic rings. The van der Waals surface area contributed by atoms with E-state index in [0.29, 0.717) is 0 Å². The maximum Gasteiger partial charge on any atom is 0.325 e. The van der Waals surface area contributed by atoms with Crippen LogP contribution < -0.4 is 0 Å². The SMILES string of the molecule is CCCCC(C)OP(C)(=O)O. The number of hydrogen-bond donors (Lipinski definition) is 1. The van der Waals surface area contributed by atoms with E-state index in [1.807, 2.05) is 6.92 Å². The second kappa shape index (κ2) is 4.91. The van der Waals surface area contributed by atoms with Gasteiger partial charge in [-0.05, 0) is 13.3 Å². The lowest BCUT2D eigenvalue weighted by Gasteiger charge is -2.13. The lowest BCUT2D eigenvalue weighted by molar-refractivity contribution is 0.181. The normalized spacial score (nSPS) is 19.3. The third-order valence-electron chi connectivity index (χ3n) is 1.34. The van der Waals surface area contributed by atoms with Crippen molar-refractivity contribution < 1.29 is 14.0 Å². The summed E-state index contributed by atoms with van der Waals surface area (Å²) < 4.78 is 15.6. The molecule has 0 fully saturated rings. The first-order valence-corrected chi connectivity index (χ1v) is 5.97. The molecule has 0 spiro atoms. The molecule has 0 aliphatic heterocycles. The summed E-state index contributed by atoms with van der Waals surface area (Å²) in [6, 6.07) is 0. The van der Waals surface area contributed by atoms with Crippen LogP contribution in [0.3, 0.4) is 0 Å². The molecule has 2 atom stereocenters. The molecule has 0 amide bonds. The molecule has 0 rings (SSSR count). The van der Waals surface area contributed by atoms with Gasteiger partial charge in [-0.1, -0.05) is 19.8 Å². The predicted molar refractivity (Wildman–Crippen MR) is 45.8 cm³/mol. The monoisotopic (exact) mass is 180 g/mol. The first-order chi connectivity index (χ1) is 4.95. The fraction of sp³-hybridized carbons (Fsp3) is 1.00. The van der Waals surface area contributed by atoms with Crippen LogP contribution in [0.5, 0.6) is 0 Å². The van der Waals surface area contributed by atoms with E-state index in [9.17, 15) is 4.57 Å². The fourth-order valence-electron chi connectivity index (χ4n) is 0.878. The first kappa shape index (κ1) is 11.2. The lowest BCUT2D eigenvalue weighted by Crippen LogP contribution is -2.05. The number of unbranched alkanes of at least 4 members (excludes halogenated alkanes) is 1. The van der Waals surface area contributed by atoms with Crippen molar-refractivity contribution >= 4 is 7.60 Å². The minimum absolute atomic E-state index is 0.101. The maximum absolute atomic E-state index is 10.7. The predicted octanol–water partition coefficient (Wildman–Crippen LogP) is 2.40. The molecule has 0 saturated carbocycles. The molecular weight excluding hydrogens is 163 g/mol. The van der Waals surface area contributed by atoms with Gasteiger partial charge in [-0.2, -0.15) is 0 Å². The average molecular weight is 180 g/mol. The highest BCUT2D eigenvalue weighted by Gasteiger charge is 2.14. The van der Waals surface area contributed by atoms with Gasteiger partial charge in [-0.3, -0.25) is 4.57 Å². The highest BCUT2D eigenvalue weighted by atomic mass is 31.2. The van der Waals surface area contributed by atoms with Gasteiger partial charge in [0.15, 0.2) is 0 Å². The van der Waals surface area contributed by atoms with Gasteiger partial charge in [-0.25, -0.2) is 0 Å². The van der Waals surface area contributed by atoms with Crippen LogP contribution in [0.1, 0.15) is 33.1 Å². The van der Waals surface area contributed by atoms with Gasteiger partial charge in [0.05, 0.1) is 6.10 Å². The van der Waals surface area contributed by atoms with E-state index >= 15 is 0 Å². The molecule has 0 saturated heterocycles. The standard InChI is InChI=1S/C7H17O3P/c1-4-5-6-7(2)10-11(3,8)9/h7H,4-6H2,1-3H3,(H,8,9). The Bertz CT molecular complexity index is 141. The molecule has 0 aliphatic carbocycles. The van der Waals surface area contributed by atoms with E-state index in [0.717, 1.165) is 19.3 Å². The van der Waals surface area contributed by atoms with Gasteiger partial charge in [0.1, 0.15) is 0 Å². The third kappa shape index (κ3) is 8.05. The van der Waals surface area contributed by atoms with E-state index in [-0.39, 0.29) is 6.10 Å². The Morgan fingerprint density at radius 1 is 1.64 bits per heavy atom. The summed E-state index contributed by atoms with van der Waals surface area (Å²) in [5.74, 6) is 0. The van der Waals surface area contributed by atoms with Crippen molar-refractivity contribution in [2.45, 2.75) is 39.2 Å². The van der Waals surface area contributed by atoms with E-state index < -0.39 is 7.60 Å². The van der Waals surface area contributed by atoms with Crippen LogP contribution in [-0.4, -0.2) is 17.7 Å². The number of rotatable bonds is 5. The maximum atomic E-state index is 10.7. The van der Waals surface area contributed by atoms with Crippen molar-refractivity contribution in [2.75, 3.05) is 6.66 Å². The Morgan fingerprint density at radius 2 is 2.18 bits per heavy atom. The molecule has 0 aromatic rings. The molecule has 0 aromatic carbocycles. The Labute approximate surface area is 68.3 Å². The second-order valence-electron chi connectivity index (χ2n) is 2.86. The van der Waals surface area contributed by atoms with Gasteiger partial charge in [0.25, 0.3) is 0 Å². The number of hydrogen-bond acceptors (Lipinski definition) is 2. The first-order valence-electron chi connectivity index (χ1n) is 3.94. The molecule has 0 radical (unpaired) electrons. The van der Waals surface area contributed by atoms with Crippen LogP contribution in [0.2, 0.25) is 0 Å². The molecule has 11 heavy (non-hydrogen) atoms. The smallest absolute Gasteiger partial charge is 0.324 e. The van der Waals surface area contributed by atoms with Crippen LogP contribution in [0.4, 0.5) is 0 Å². The van der Waals surface area contributed by atoms with Crippen LogP contribution in [0, 0.1) is 0 Å². The van der Waals surface area contributed by atoms with E-state index in [4.69, 9.17) is 9.42 Å². The molecule has 0 aromatic heterocycles. The quantitative estimate of drug-likeness (QED) is 0.661. The minimum Gasteiger partial charge on any atom is -0.324 e. The highest BCUT2D eigenvalue weighted by molar-refractivity contribution is 7.51. The van der Waals surface area contributed by atoms with E-state index in [1.54, 1.807) is 0 Å². The van der Waals surface area contributed by atoms with Crippen LogP contribution in [-0.2, 0) is 9.09 Å². The Balaban J connectivity index is 3.52. The zero-order chi connectivity index (χ0) is 8.91. The molecule has 1 N–H and O–H groups in total. The van der Waals surface area contributed by atoms with Crippen molar-refractivity contribution in [1.82, 2.24) is 0 Å². The zero-order valence-electron chi connectivity index (χ0n) is 7.41. The minimum atomic E-state index is -3.26. The molecule has 0 bridgehead atoms. The third-order valence-corrected chi connectivity index (χ3v) is 2.09. The zero-order valence-corrected chi connectivity index (χ0v) is 8.30. The van der Waals surface area contributed by atoms with E-state index in [1.165, 1.54) is 6.66 Å². The largest absolute Gasteiger partial charge is 0.325 e. The Kier molecular flexibility index (Phi) is 4.98. The highest BCUT2D eigenvalue weighted by Crippen LogP contribution is 2.38. The summed E-state index contributed by atoms with van der Waals surface area (Å²) in [4.78, 5) is 8.82. The average Bonchev–Trinajstić information content (AvgIpc) is 1.79. The van der Waals surface area contributed by atoms with Crippen LogP contribution >= 0.6 is 7.60 Å². The molecule has 3 nitrogen and oxygen atoms in total. The Hall–Kier alpha value is 0.150. The lowest BCUT2D eigenvalue weighted by atomic mass is 10.2. The van der Waals surface area contributed by atoms with Crippen LogP contribution in [0.15, 0.2) is 0 Å². The van der Waals surface area contributed by atoms with Gasteiger partial charge < -0.3 is 9.42 Å². The Morgan fingerprint density at radius 3 is 2.55 bits per heavy atom. The molecule has 4 heteroatoms. The fourth-order valence-corrected chi connectivity index (χ4v) is 1.65. The summed E-state index contributed by atoms with van der Waals surface area (Å²) in [5.41, 5.74) is 0. The van der Waals surface area contributed by atoms with Gasteiger partial charge in [0.2, 0.25) is 0 Å². The van der Waals surface area contributed by atoms with Crippen molar-refractivity contribution in [3.8, 4) is 0 Å². The molecule has 0 heterocycles. The van der Waals surface area contributed by atoms with Gasteiger partial charge >= 0.3 is 7.60 Å². The summed E-state index contributed by atoms with van der Waals surface area (Å²) in [6.45, 7) is 5.12.